The maximum atomic E-state index is 13.9. The van der Waals surface area contributed by atoms with E-state index in [9.17, 15) is 18.7 Å². The number of aliphatic hydroxyl groups is 1. The fraction of sp³-hybridized carbons (Fsp3) is 0.615. The van der Waals surface area contributed by atoms with Gasteiger partial charge < -0.3 is 14.9 Å². The third kappa shape index (κ3) is 3.88. The van der Waals surface area contributed by atoms with Crippen LogP contribution >= 0.6 is 0 Å². The minimum absolute atomic E-state index is 0.0687. The Morgan fingerprint density at radius 2 is 1.85 bits per heavy atom. The smallest absolute Gasteiger partial charge is 0.255 e. The van der Waals surface area contributed by atoms with Crippen LogP contribution in [0.4, 0.5) is 14.5 Å². The summed E-state index contributed by atoms with van der Waals surface area (Å²) in [6.45, 7) is 5.16. The third-order valence-corrected chi connectivity index (χ3v) is 7.82. The van der Waals surface area contributed by atoms with Crippen LogP contribution in [0, 0.1) is 0 Å². The Hall–Kier alpha value is -2.28. The van der Waals surface area contributed by atoms with Crippen LogP contribution in [-0.2, 0) is 19.4 Å². The van der Waals surface area contributed by atoms with Crippen molar-refractivity contribution in [3.8, 4) is 0 Å². The number of aryl methyl sites for hydroxylation is 2. The second kappa shape index (κ2) is 8.49. The van der Waals surface area contributed by atoms with Crippen LogP contribution in [0.5, 0.6) is 0 Å². The largest absolute Gasteiger partial charge is 0.391 e. The van der Waals surface area contributed by atoms with E-state index in [1.807, 2.05) is 15.9 Å². The summed E-state index contributed by atoms with van der Waals surface area (Å²) in [4.78, 5) is 22.4. The van der Waals surface area contributed by atoms with Crippen molar-refractivity contribution in [1.29, 1.82) is 0 Å². The molecular weight excluding hydrogens is 424 g/mol. The molecule has 5 nitrogen and oxygen atoms in total. The normalized spacial score (nSPS) is 25.1. The minimum Gasteiger partial charge on any atom is -0.391 e. The van der Waals surface area contributed by atoms with E-state index in [0.717, 1.165) is 71.9 Å². The van der Waals surface area contributed by atoms with Gasteiger partial charge in [0, 0.05) is 60.4 Å². The van der Waals surface area contributed by atoms with Crippen molar-refractivity contribution in [2.75, 3.05) is 18.0 Å². The molecule has 5 rings (SSSR count). The molecule has 33 heavy (non-hydrogen) atoms. The fourth-order valence-electron chi connectivity index (χ4n) is 5.87. The number of fused-ring (bicyclic) bond motifs is 3. The van der Waals surface area contributed by atoms with Gasteiger partial charge in [-0.25, -0.2) is 8.78 Å². The molecule has 178 valence electrons. The number of hydrogen-bond acceptors (Lipinski definition) is 4. The molecule has 2 atom stereocenters. The Morgan fingerprint density at radius 3 is 2.52 bits per heavy atom. The number of hydrogen-bond donors (Lipinski definition) is 1. The summed E-state index contributed by atoms with van der Waals surface area (Å²) in [7, 11) is 0. The average molecular weight is 458 g/mol. The third-order valence-electron chi connectivity index (χ3n) is 7.82. The number of alkyl halides is 2. The van der Waals surface area contributed by atoms with Crippen LogP contribution in [0.15, 0.2) is 12.1 Å². The molecule has 3 heterocycles. The number of halogens is 2. The molecule has 0 bridgehead atoms. The Balaban J connectivity index is 1.63. The summed E-state index contributed by atoms with van der Waals surface area (Å²) in [5, 5.41) is 11.6. The molecule has 2 aromatic rings. The first-order valence-corrected chi connectivity index (χ1v) is 12.4. The van der Waals surface area contributed by atoms with E-state index in [0.29, 0.717) is 12.1 Å². The van der Waals surface area contributed by atoms with E-state index in [4.69, 9.17) is 4.98 Å². The lowest BCUT2D eigenvalue weighted by Crippen LogP contribution is -2.45. The van der Waals surface area contributed by atoms with Gasteiger partial charge in [0.1, 0.15) is 0 Å². The predicted octanol–water partition coefficient (Wildman–Crippen LogP) is 4.85. The molecule has 2 fully saturated rings. The van der Waals surface area contributed by atoms with E-state index in [1.165, 1.54) is 0 Å². The second-order valence-corrected chi connectivity index (χ2v) is 9.81. The van der Waals surface area contributed by atoms with Crippen LogP contribution in [0.3, 0.4) is 0 Å². The minimum atomic E-state index is -2.63. The number of anilines is 1. The van der Waals surface area contributed by atoms with Crippen molar-refractivity contribution in [2.24, 2.45) is 0 Å². The van der Waals surface area contributed by atoms with Crippen molar-refractivity contribution in [3.63, 3.8) is 0 Å². The number of aliphatic hydroxyl groups excluding tert-OH is 1. The van der Waals surface area contributed by atoms with Gasteiger partial charge in [0.15, 0.2) is 0 Å². The van der Waals surface area contributed by atoms with E-state index in [-0.39, 0.29) is 37.9 Å². The maximum Gasteiger partial charge on any atom is 0.255 e. The van der Waals surface area contributed by atoms with Crippen molar-refractivity contribution < 1.29 is 18.7 Å². The first kappa shape index (κ1) is 22.5. The van der Waals surface area contributed by atoms with Crippen LogP contribution in [0.2, 0.25) is 0 Å². The molecule has 1 aliphatic carbocycles. The van der Waals surface area contributed by atoms with Gasteiger partial charge in [-0.05, 0) is 43.4 Å². The zero-order valence-electron chi connectivity index (χ0n) is 19.5. The number of carbonyl (C=O) groups is 1. The molecule has 2 aliphatic heterocycles. The molecule has 0 spiro atoms. The van der Waals surface area contributed by atoms with Crippen molar-refractivity contribution in [3.05, 3.63) is 34.5 Å². The van der Waals surface area contributed by atoms with Gasteiger partial charge in [-0.2, -0.15) is 0 Å². The van der Waals surface area contributed by atoms with Crippen LogP contribution in [0.1, 0.15) is 79.6 Å². The lowest BCUT2D eigenvalue weighted by molar-refractivity contribution is -0.0220. The number of nitrogens with zero attached hydrogens (tertiary/aromatic N) is 3. The lowest BCUT2D eigenvalue weighted by Gasteiger charge is -2.35. The quantitative estimate of drug-likeness (QED) is 0.713. The van der Waals surface area contributed by atoms with Crippen LogP contribution in [0.25, 0.3) is 10.9 Å². The van der Waals surface area contributed by atoms with Gasteiger partial charge in [0.2, 0.25) is 0 Å². The molecular formula is C26H33F2N3O2. The summed E-state index contributed by atoms with van der Waals surface area (Å²) in [6.07, 6.45) is 4.30. The van der Waals surface area contributed by atoms with Gasteiger partial charge in [0.25, 0.3) is 11.8 Å². The number of amides is 1. The average Bonchev–Trinajstić information content (AvgIpc) is 3.14. The Kier molecular flexibility index (Phi) is 5.79. The number of pyridine rings is 1. The standard InChI is InChI=1S/C26H33F2N3O2/c1-3-16-13-18-22(30-11-9-26(27,28)10-12-30)14-17-19(24(18)29-20(16)4-2)15-31(25(17)33)21-7-5-6-8-23(21)32/h13-14,21,23,32H,3-12,15H2,1-2H3. The Labute approximate surface area is 193 Å². The number of piperidine rings is 1. The van der Waals surface area contributed by atoms with Gasteiger partial charge in [-0.3, -0.25) is 9.78 Å². The highest BCUT2D eigenvalue weighted by Crippen LogP contribution is 2.41. The summed E-state index contributed by atoms with van der Waals surface area (Å²) in [6, 6.07) is 3.89. The molecule has 0 radical (unpaired) electrons. The van der Waals surface area contributed by atoms with Gasteiger partial charge in [-0.15, -0.1) is 0 Å². The molecule has 1 amide bonds. The van der Waals surface area contributed by atoms with E-state index < -0.39 is 12.0 Å². The summed E-state index contributed by atoms with van der Waals surface area (Å²) in [5.74, 6) is -2.70. The number of benzene rings is 1. The topological polar surface area (TPSA) is 56.7 Å². The van der Waals surface area contributed by atoms with Crippen LogP contribution < -0.4 is 4.90 Å². The molecule has 1 aromatic heterocycles. The molecule has 2 unspecified atom stereocenters. The highest BCUT2D eigenvalue weighted by atomic mass is 19.3. The molecule has 3 aliphatic rings. The molecule has 1 saturated carbocycles. The number of rotatable bonds is 4. The fourth-order valence-corrected chi connectivity index (χ4v) is 5.87. The van der Waals surface area contributed by atoms with Gasteiger partial charge in [0.05, 0.1) is 17.7 Å². The monoisotopic (exact) mass is 457 g/mol. The highest BCUT2D eigenvalue weighted by molar-refractivity contribution is 6.08. The zero-order valence-corrected chi connectivity index (χ0v) is 19.5. The van der Waals surface area contributed by atoms with Gasteiger partial charge >= 0.3 is 0 Å². The van der Waals surface area contributed by atoms with E-state index in [1.54, 1.807) is 0 Å². The summed E-state index contributed by atoms with van der Waals surface area (Å²) >= 11 is 0. The van der Waals surface area contributed by atoms with E-state index in [2.05, 4.69) is 19.9 Å². The molecule has 1 aromatic carbocycles. The molecule has 7 heteroatoms. The number of aromatic nitrogens is 1. The van der Waals surface area contributed by atoms with Gasteiger partial charge in [-0.1, -0.05) is 26.7 Å². The Morgan fingerprint density at radius 1 is 1.12 bits per heavy atom. The molecule has 1 N–H and O–H groups in total. The zero-order chi connectivity index (χ0) is 23.3. The molecule has 1 saturated heterocycles. The van der Waals surface area contributed by atoms with Crippen molar-refractivity contribution in [2.45, 2.75) is 89.8 Å². The van der Waals surface area contributed by atoms with E-state index >= 15 is 0 Å². The predicted molar refractivity (Wildman–Crippen MR) is 125 cm³/mol. The maximum absolute atomic E-state index is 13.9. The summed E-state index contributed by atoms with van der Waals surface area (Å²) in [5.41, 5.74) is 5.37. The summed E-state index contributed by atoms with van der Waals surface area (Å²) < 4.78 is 27.8. The first-order valence-electron chi connectivity index (χ1n) is 12.4. The first-order chi connectivity index (χ1) is 15.8. The second-order valence-electron chi connectivity index (χ2n) is 9.81. The van der Waals surface area contributed by atoms with Crippen molar-refractivity contribution in [1.82, 2.24) is 9.88 Å². The lowest BCUT2D eigenvalue weighted by atomic mass is 9.91. The SMILES string of the molecule is CCc1cc2c(N3CCC(F)(F)CC3)cc3c(c2nc1CC)CN(C1CCCCC1O)C3=O. The van der Waals surface area contributed by atoms with Crippen LogP contribution in [-0.4, -0.2) is 52.1 Å². The van der Waals surface area contributed by atoms with Crippen molar-refractivity contribution >= 4 is 22.5 Å². The highest BCUT2D eigenvalue weighted by Gasteiger charge is 2.40. The number of carbonyl (C=O) groups excluding carboxylic acids is 1. The Bertz CT molecular complexity index is 1080.